The predicted octanol–water partition coefficient (Wildman–Crippen LogP) is 1.15. The average molecular weight is 232 g/mol. The highest BCUT2D eigenvalue weighted by Crippen LogP contribution is 2.27. The van der Waals surface area contributed by atoms with Crippen LogP contribution in [-0.4, -0.2) is 28.0 Å². The Hall–Kier alpha value is -1.67. The SMILES string of the molecule is Cc1nnc(NCC2CC(O)C2)c(C#N)c1C. The van der Waals surface area contributed by atoms with Crippen molar-refractivity contribution in [3.8, 4) is 6.07 Å². The van der Waals surface area contributed by atoms with E-state index in [9.17, 15) is 5.11 Å². The molecule has 1 aromatic heterocycles. The average Bonchev–Trinajstić information content (AvgIpc) is 2.27. The Morgan fingerprint density at radius 3 is 2.71 bits per heavy atom. The molecule has 0 unspecified atom stereocenters. The molecule has 17 heavy (non-hydrogen) atoms. The smallest absolute Gasteiger partial charge is 0.166 e. The molecule has 2 rings (SSSR count). The van der Waals surface area contributed by atoms with Crippen molar-refractivity contribution in [3.05, 3.63) is 16.8 Å². The lowest BCUT2D eigenvalue weighted by Gasteiger charge is -2.31. The molecular weight excluding hydrogens is 216 g/mol. The molecule has 1 aliphatic carbocycles. The number of hydrogen-bond donors (Lipinski definition) is 2. The van der Waals surface area contributed by atoms with Crippen LogP contribution in [0.15, 0.2) is 0 Å². The van der Waals surface area contributed by atoms with Gasteiger partial charge >= 0.3 is 0 Å². The summed E-state index contributed by atoms with van der Waals surface area (Å²) in [6.07, 6.45) is 1.50. The van der Waals surface area contributed by atoms with E-state index in [-0.39, 0.29) is 6.10 Å². The number of nitrogens with zero attached hydrogens (tertiary/aromatic N) is 3. The lowest BCUT2D eigenvalue weighted by atomic mass is 9.82. The van der Waals surface area contributed by atoms with Crippen molar-refractivity contribution in [1.29, 1.82) is 5.26 Å². The van der Waals surface area contributed by atoms with Crippen LogP contribution in [0, 0.1) is 31.1 Å². The molecule has 0 atom stereocenters. The van der Waals surface area contributed by atoms with E-state index < -0.39 is 0 Å². The first-order valence-corrected chi connectivity index (χ1v) is 5.77. The highest BCUT2D eigenvalue weighted by Gasteiger charge is 2.27. The number of aliphatic hydroxyl groups is 1. The number of aryl methyl sites for hydroxylation is 1. The fourth-order valence-corrected chi connectivity index (χ4v) is 1.98. The topological polar surface area (TPSA) is 81.8 Å². The van der Waals surface area contributed by atoms with Crippen LogP contribution in [0.25, 0.3) is 0 Å². The van der Waals surface area contributed by atoms with Crippen molar-refractivity contribution in [2.75, 3.05) is 11.9 Å². The van der Waals surface area contributed by atoms with Gasteiger partial charge in [-0.2, -0.15) is 10.4 Å². The van der Waals surface area contributed by atoms with Crippen LogP contribution in [0.1, 0.15) is 29.7 Å². The maximum atomic E-state index is 9.19. The van der Waals surface area contributed by atoms with Gasteiger partial charge < -0.3 is 10.4 Å². The Kier molecular flexibility index (Phi) is 3.25. The second kappa shape index (κ2) is 4.68. The van der Waals surface area contributed by atoms with E-state index in [1.54, 1.807) is 0 Å². The third-order valence-electron chi connectivity index (χ3n) is 3.34. The quantitative estimate of drug-likeness (QED) is 0.817. The van der Waals surface area contributed by atoms with Crippen molar-refractivity contribution in [2.24, 2.45) is 5.92 Å². The largest absolute Gasteiger partial charge is 0.393 e. The van der Waals surface area contributed by atoms with E-state index in [4.69, 9.17) is 5.26 Å². The van der Waals surface area contributed by atoms with Crippen LogP contribution < -0.4 is 5.32 Å². The van der Waals surface area contributed by atoms with E-state index in [1.807, 2.05) is 13.8 Å². The predicted molar refractivity (Wildman–Crippen MR) is 63.4 cm³/mol. The summed E-state index contributed by atoms with van der Waals surface area (Å²) in [7, 11) is 0. The van der Waals surface area contributed by atoms with Gasteiger partial charge in [0.05, 0.1) is 11.8 Å². The molecular formula is C12H16N4O. The normalized spacial score (nSPS) is 22.7. The van der Waals surface area contributed by atoms with Gasteiger partial charge in [0.2, 0.25) is 0 Å². The standard InChI is InChI=1S/C12H16N4O/c1-7-8(2)15-16-12(11(7)5-13)14-6-9-3-10(17)4-9/h9-10,17H,3-4,6H2,1-2H3,(H,14,16). The second-order valence-corrected chi connectivity index (χ2v) is 4.62. The van der Waals surface area contributed by atoms with Crippen molar-refractivity contribution in [3.63, 3.8) is 0 Å². The lowest BCUT2D eigenvalue weighted by molar-refractivity contribution is 0.0486. The number of anilines is 1. The van der Waals surface area contributed by atoms with E-state index in [0.717, 1.165) is 30.6 Å². The van der Waals surface area contributed by atoms with Crippen LogP contribution >= 0.6 is 0 Å². The maximum Gasteiger partial charge on any atom is 0.166 e. The molecule has 5 nitrogen and oxygen atoms in total. The van der Waals surface area contributed by atoms with Gasteiger partial charge in [0, 0.05) is 6.54 Å². The van der Waals surface area contributed by atoms with Crippen LogP contribution in [0.2, 0.25) is 0 Å². The van der Waals surface area contributed by atoms with Gasteiger partial charge in [0.15, 0.2) is 5.82 Å². The zero-order valence-corrected chi connectivity index (χ0v) is 10.1. The van der Waals surface area contributed by atoms with Gasteiger partial charge in [-0.05, 0) is 38.2 Å². The van der Waals surface area contributed by atoms with Crippen molar-refractivity contribution in [1.82, 2.24) is 10.2 Å². The number of aliphatic hydroxyl groups excluding tert-OH is 1. The first-order chi connectivity index (χ1) is 8.11. The molecule has 0 aliphatic heterocycles. The van der Waals surface area contributed by atoms with Crippen molar-refractivity contribution in [2.45, 2.75) is 32.8 Å². The molecule has 1 heterocycles. The molecule has 1 aromatic rings. The van der Waals surface area contributed by atoms with E-state index in [0.29, 0.717) is 17.3 Å². The third kappa shape index (κ3) is 2.37. The summed E-state index contributed by atoms with van der Waals surface area (Å²) < 4.78 is 0. The van der Waals surface area contributed by atoms with Crippen molar-refractivity contribution >= 4 is 5.82 Å². The number of rotatable bonds is 3. The molecule has 0 aromatic carbocycles. The number of hydrogen-bond acceptors (Lipinski definition) is 5. The van der Waals surface area contributed by atoms with Gasteiger partial charge in [-0.25, -0.2) is 0 Å². The second-order valence-electron chi connectivity index (χ2n) is 4.62. The lowest BCUT2D eigenvalue weighted by Crippen LogP contribution is -2.33. The van der Waals surface area contributed by atoms with Gasteiger partial charge in [-0.1, -0.05) is 0 Å². The molecule has 0 spiro atoms. The molecule has 1 aliphatic rings. The maximum absolute atomic E-state index is 9.19. The Balaban J connectivity index is 2.06. The molecule has 5 heteroatoms. The Morgan fingerprint density at radius 2 is 2.12 bits per heavy atom. The molecule has 2 N–H and O–H groups in total. The van der Waals surface area contributed by atoms with Crippen LogP contribution in [0.3, 0.4) is 0 Å². The first-order valence-electron chi connectivity index (χ1n) is 5.77. The zero-order valence-electron chi connectivity index (χ0n) is 10.1. The highest BCUT2D eigenvalue weighted by molar-refractivity contribution is 5.55. The number of nitrogens with one attached hydrogen (secondary N) is 1. The van der Waals surface area contributed by atoms with E-state index in [1.165, 1.54) is 0 Å². The molecule has 0 saturated heterocycles. The summed E-state index contributed by atoms with van der Waals surface area (Å²) in [5.74, 6) is 1.02. The summed E-state index contributed by atoms with van der Waals surface area (Å²) >= 11 is 0. The molecule has 90 valence electrons. The molecule has 0 radical (unpaired) electrons. The Morgan fingerprint density at radius 1 is 1.41 bits per heavy atom. The molecule has 1 fully saturated rings. The van der Waals surface area contributed by atoms with Gasteiger partial charge in [-0.15, -0.1) is 5.10 Å². The Bertz CT molecular complexity index is 460. The minimum absolute atomic E-state index is 0.150. The molecule has 0 bridgehead atoms. The van der Waals surface area contributed by atoms with E-state index >= 15 is 0 Å². The number of nitriles is 1. The van der Waals surface area contributed by atoms with Gasteiger partial charge in [-0.3, -0.25) is 0 Å². The summed E-state index contributed by atoms with van der Waals surface area (Å²) in [4.78, 5) is 0. The summed E-state index contributed by atoms with van der Waals surface area (Å²) in [5.41, 5.74) is 2.22. The molecule has 1 saturated carbocycles. The van der Waals surface area contributed by atoms with Crippen LogP contribution in [-0.2, 0) is 0 Å². The summed E-state index contributed by atoms with van der Waals surface area (Å²) in [6.45, 7) is 4.46. The fraction of sp³-hybridized carbons (Fsp3) is 0.583. The van der Waals surface area contributed by atoms with Crippen LogP contribution in [0.4, 0.5) is 5.82 Å². The minimum atomic E-state index is -0.150. The van der Waals surface area contributed by atoms with Crippen LogP contribution in [0.5, 0.6) is 0 Å². The molecule has 0 amide bonds. The van der Waals surface area contributed by atoms with Gasteiger partial charge in [0.25, 0.3) is 0 Å². The summed E-state index contributed by atoms with van der Waals surface area (Å²) in [6, 6.07) is 2.16. The fourth-order valence-electron chi connectivity index (χ4n) is 1.98. The summed E-state index contributed by atoms with van der Waals surface area (Å²) in [5, 5.41) is 29.5. The first kappa shape index (κ1) is 11.8. The monoisotopic (exact) mass is 232 g/mol. The Labute approximate surface area is 100 Å². The van der Waals surface area contributed by atoms with E-state index in [2.05, 4.69) is 21.6 Å². The van der Waals surface area contributed by atoms with Crippen molar-refractivity contribution < 1.29 is 5.11 Å². The van der Waals surface area contributed by atoms with Gasteiger partial charge in [0.1, 0.15) is 11.6 Å². The zero-order chi connectivity index (χ0) is 12.4. The number of aromatic nitrogens is 2. The minimum Gasteiger partial charge on any atom is -0.393 e. The third-order valence-corrected chi connectivity index (χ3v) is 3.34. The highest BCUT2D eigenvalue weighted by atomic mass is 16.3.